The van der Waals surface area contributed by atoms with Crippen molar-refractivity contribution in [2.45, 2.75) is 31.5 Å². The molecule has 186 valence electrons. The quantitative estimate of drug-likeness (QED) is 0.528. The molecule has 0 saturated carbocycles. The molecule has 1 aliphatic rings. The number of methoxy groups -OCH3 is 1. The van der Waals surface area contributed by atoms with Gasteiger partial charge in [-0.2, -0.15) is 17.6 Å². The van der Waals surface area contributed by atoms with Crippen molar-refractivity contribution in [1.29, 1.82) is 0 Å². The molecular formula is C23H20F5N3O4. The number of alkyl halides is 3. The van der Waals surface area contributed by atoms with Gasteiger partial charge in [-0.05, 0) is 25.5 Å². The van der Waals surface area contributed by atoms with Crippen LogP contribution in [-0.4, -0.2) is 35.8 Å². The molecule has 7 nitrogen and oxygen atoms in total. The number of benzene rings is 1. The van der Waals surface area contributed by atoms with Crippen LogP contribution in [0.15, 0.2) is 35.3 Å². The van der Waals surface area contributed by atoms with Crippen molar-refractivity contribution in [3.8, 4) is 5.75 Å². The van der Waals surface area contributed by atoms with Gasteiger partial charge in [0.15, 0.2) is 17.0 Å². The zero-order chi connectivity index (χ0) is 25.7. The molecule has 3 atom stereocenters. The summed E-state index contributed by atoms with van der Waals surface area (Å²) in [6, 6.07) is 4.38. The lowest BCUT2D eigenvalue weighted by Gasteiger charge is -2.43. The molecule has 12 heteroatoms. The van der Waals surface area contributed by atoms with Crippen molar-refractivity contribution in [2.24, 2.45) is 11.1 Å². The number of hydrogen-bond acceptors (Lipinski definition) is 5. The first-order valence-corrected chi connectivity index (χ1v) is 10.4. The monoisotopic (exact) mass is 497 g/mol. The van der Waals surface area contributed by atoms with E-state index in [1.165, 1.54) is 12.3 Å². The SMILES string of the molecule is COc1c([C@H]2C[C@@](C)(C(F)(F)F)CO[C@@H]2c2cc(=O)c3c(C(N)=O)nccc3[nH]2)ccc(F)c1F. The Morgan fingerprint density at radius 2 is 2.00 bits per heavy atom. The first-order chi connectivity index (χ1) is 16.4. The van der Waals surface area contributed by atoms with Gasteiger partial charge in [0.05, 0.1) is 30.0 Å². The number of rotatable bonds is 4. The van der Waals surface area contributed by atoms with Crippen LogP contribution in [0.2, 0.25) is 0 Å². The molecule has 2 aromatic heterocycles. The van der Waals surface area contributed by atoms with E-state index in [0.29, 0.717) is 0 Å². The van der Waals surface area contributed by atoms with Crippen LogP contribution in [0.4, 0.5) is 22.0 Å². The highest BCUT2D eigenvalue weighted by atomic mass is 19.4. The van der Waals surface area contributed by atoms with Crippen molar-refractivity contribution < 1.29 is 36.2 Å². The maximum atomic E-state index is 14.5. The number of nitrogens with two attached hydrogens (primary N) is 1. The van der Waals surface area contributed by atoms with E-state index in [0.717, 1.165) is 32.2 Å². The number of fused-ring (bicyclic) bond motifs is 1. The van der Waals surface area contributed by atoms with Crippen LogP contribution in [-0.2, 0) is 4.74 Å². The van der Waals surface area contributed by atoms with Crippen molar-refractivity contribution >= 4 is 16.8 Å². The molecule has 0 spiro atoms. The van der Waals surface area contributed by atoms with Gasteiger partial charge < -0.3 is 20.2 Å². The predicted octanol–water partition coefficient (Wildman–Crippen LogP) is 4.12. The molecule has 35 heavy (non-hydrogen) atoms. The second-order valence-electron chi connectivity index (χ2n) is 8.62. The number of carbonyl (C=O) groups is 1. The third kappa shape index (κ3) is 4.11. The molecule has 1 aliphatic heterocycles. The fraction of sp³-hybridized carbons (Fsp3) is 0.348. The molecule has 1 fully saturated rings. The lowest BCUT2D eigenvalue weighted by Crippen LogP contribution is -2.45. The largest absolute Gasteiger partial charge is 0.493 e. The normalized spacial score (nSPS) is 22.8. The summed E-state index contributed by atoms with van der Waals surface area (Å²) in [6.07, 6.45) is -5.18. The van der Waals surface area contributed by atoms with Gasteiger partial charge in [0, 0.05) is 29.4 Å². The molecule has 3 aromatic rings. The smallest absolute Gasteiger partial charge is 0.396 e. The summed E-state index contributed by atoms with van der Waals surface area (Å²) < 4.78 is 80.7. The topological polar surface area (TPSA) is 107 Å². The highest BCUT2D eigenvalue weighted by Crippen LogP contribution is 2.54. The van der Waals surface area contributed by atoms with Crippen LogP contribution in [0, 0.1) is 17.0 Å². The minimum atomic E-state index is -4.67. The second-order valence-corrected chi connectivity index (χ2v) is 8.62. The van der Waals surface area contributed by atoms with E-state index in [1.54, 1.807) is 0 Å². The van der Waals surface area contributed by atoms with Gasteiger partial charge in [0.1, 0.15) is 11.8 Å². The molecule has 1 amide bonds. The second kappa shape index (κ2) is 8.59. The minimum absolute atomic E-state index is 0.0555. The molecule has 0 unspecified atom stereocenters. The van der Waals surface area contributed by atoms with Crippen LogP contribution in [0.3, 0.4) is 0 Å². The number of halogens is 5. The number of H-pyrrole nitrogens is 1. The van der Waals surface area contributed by atoms with E-state index in [-0.39, 0.29) is 27.9 Å². The number of nitrogens with zero attached hydrogens (tertiary/aromatic N) is 1. The van der Waals surface area contributed by atoms with E-state index in [1.807, 2.05) is 0 Å². The Hall–Kier alpha value is -3.54. The molecule has 4 rings (SSSR count). The lowest BCUT2D eigenvalue weighted by molar-refractivity contribution is -0.260. The number of amides is 1. The molecule has 0 bridgehead atoms. The van der Waals surface area contributed by atoms with E-state index in [4.69, 9.17) is 15.2 Å². The highest BCUT2D eigenvalue weighted by Gasteiger charge is 2.56. The van der Waals surface area contributed by atoms with Crippen LogP contribution < -0.4 is 15.9 Å². The van der Waals surface area contributed by atoms with Gasteiger partial charge in [0.25, 0.3) is 5.91 Å². The molecule has 0 aliphatic carbocycles. The molecule has 3 heterocycles. The van der Waals surface area contributed by atoms with Gasteiger partial charge in [-0.1, -0.05) is 6.07 Å². The van der Waals surface area contributed by atoms with E-state index >= 15 is 0 Å². The number of ether oxygens (including phenoxy) is 2. The van der Waals surface area contributed by atoms with Crippen molar-refractivity contribution in [1.82, 2.24) is 9.97 Å². The van der Waals surface area contributed by atoms with Crippen LogP contribution in [0.25, 0.3) is 10.9 Å². The van der Waals surface area contributed by atoms with E-state index in [9.17, 15) is 31.5 Å². The Morgan fingerprint density at radius 1 is 1.29 bits per heavy atom. The highest BCUT2D eigenvalue weighted by molar-refractivity contribution is 6.03. The van der Waals surface area contributed by atoms with Crippen LogP contribution >= 0.6 is 0 Å². The Labute approximate surface area is 195 Å². The summed E-state index contributed by atoms with van der Waals surface area (Å²) >= 11 is 0. The van der Waals surface area contributed by atoms with Crippen molar-refractivity contribution in [3.63, 3.8) is 0 Å². The van der Waals surface area contributed by atoms with Gasteiger partial charge in [-0.3, -0.25) is 14.6 Å². The third-order valence-electron chi connectivity index (χ3n) is 6.29. The predicted molar refractivity (Wildman–Crippen MR) is 114 cm³/mol. The standard InChI is InChI=1S/C23H20F5N3O4/c1-22(23(26,27)28)8-11(10-3-4-12(24)17(25)20(10)34-2)19(35-9-22)14-7-15(32)16-13(31-14)5-6-30-18(16)21(29)33/h3-7,11,19H,8-9H2,1-2H3,(H2,29,33)(H,31,32)/t11-,19+,22-/m1/s1. The lowest BCUT2D eigenvalue weighted by atomic mass is 9.73. The summed E-state index contributed by atoms with van der Waals surface area (Å²) in [7, 11) is 1.07. The summed E-state index contributed by atoms with van der Waals surface area (Å²) in [5.74, 6) is -5.27. The number of hydrogen-bond donors (Lipinski definition) is 2. The third-order valence-corrected chi connectivity index (χ3v) is 6.29. The first-order valence-electron chi connectivity index (χ1n) is 10.4. The van der Waals surface area contributed by atoms with Crippen molar-refractivity contribution in [2.75, 3.05) is 13.7 Å². The average molecular weight is 497 g/mol. The summed E-state index contributed by atoms with van der Waals surface area (Å²) in [5, 5.41) is -0.0957. The molecular weight excluding hydrogens is 477 g/mol. The van der Waals surface area contributed by atoms with Crippen LogP contribution in [0.5, 0.6) is 5.75 Å². The van der Waals surface area contributed by atoms with Gasteiger partial charge in [0.2, 0.25) is 5.82 Å². The molecule has 0 radical (unpaired) electrons. The zero-order valence-electron chi connectivity index (χ0n) is 18.5. The van der Waals surface area contributed by atoms with Gasteiger partial charge in [-0.25, -0.2) is 4.39 Å². The van der Waals surface area contributed by atoms with Gasteiger partial charge in [-0.15, -0.1) is 0 Å². The number of primary amides is 1. The maximum Gasteiger partial charge on any atom is 0.396 e. The first kappa shape index (κ1) is 24.6. The Balaban J connectivity index is 1.91. The summed E-state index contributed by atoms with van der Waals surface area (Å²) in [4.78, 5) is 31.3. The maximum absolute atomic E-state index is 14.5. The number of nitrogens with one attached hydrogen (secondary N) is 1. The van der Waals surface area contributed by atoms with Crippen molar-refractivity contribution in [3.05, 3.63) is 69.3 Å². The van der Waals surface area contributed by atoms with E-state index in [2.05, 4.69) is 9.97 Å². The number of carbonyl (C=O) groups excluding carboxylic acids is 1. The molecule has 3 N–H and O–H groups in total. The average Bonchev–Trinajstić information content (AvgIpc) is 2.79. The Kier molecular flexibility index (Phi) is 6.04. The fourth-order valence-corrected chi connectivity index (χ4v) is 4.43. The molecule has 1 aromatic carbocycles. The van der Waals surface area contributed by atoms with Crippen LogP contribution in [0.1, 0.15) is 47.1 Å². The Morgan fingerprint density at radius 3 is 2.63 bits per heavy atom. The minimum Gasteiger partial charge on any atom is -0.493 e. The molecule has 1 saturated heterocycles. The van der Waals surface area contributed by atoms with E-state index < -0.39 is 65.4 Å². The zero-order valence-corrected chi connectivity index (χ0v) is 18.5. The number of pyridine rings is 2. The summed E-state index contributed by atoms with van der Waals surface area (Å²) in [5.41, 5.74) is 2.21. The number of aromatic amines is 1. The fourth-order valence-electron chi connectivity index (χ4n) is 4.43. The number of aromatic nitrogens is 2. The Bertz CT molecular complexity index is 1370. The van der Waals surface area contributed by atoms with Gasteiger partial charge >= 0.3 is 6.18 Å². The summed E-state index contributed by atoms with van der Waals surface area (Å²) in [6.45, 7) is 0.225.